The van der Waals surface area contributed by atoms with Crippen molar-refractivity contribution in [3.05, 3.63) is 12.4 Å². The maximum Gasteiger partial charge on any atom is 0.257 e. The summed E-state index contributed by atoms with van der Waals surface area (Å²) in [6.07, 6.45) is 5.91. The molecule has 0 N–H and O–H groups in total. The average molecular weight is 306 g/mol. The summed E-state index contributed by atoms with van der Waals surface area (Å²) in [6.45, 7) is 5.54. The van der Waals surface area contributed by atoms with Gasteiger partial charge in [0.25, 0.3) is 5.88 Å². The van der Waals surface area contributed by atoms with Crippen molar-refractivity contribution in [2.75, 3.05) is 32.1 Å². The zero-order valence-corrected chi connectivity index (χ0v) is 14.0. The Morgan fingerprint density at radius 3 is 2.68 bits per heavy atom. The number of hydrogen-bond donors (Lipinski definition) is 0. The molecule has 1 amide bonds. The Kier molecular flexibility index (Phi) is 5.57. The highest BCUT2D eigenvalue weighted by molar-refractivity contribution is 5.79. The molecule has 1 fully saturated rings. The van der Waals surface area contributed by atoms with Crippen LogP contribution in [0.15, 0.2) is 12.4 Å². The van der Waals surface area contributed by atoms with Crippen LogP contribution in [0.4, 0.5) is 5.82 Å². The molecule has 1 aromatic heterocycles. The highest BCUT2D eigenvalue weighted by atomic mass is 16.5. The van der Waals surface area contributed by atoms with Crippen molar-refractivity contribution in [3.8, 4) is 5.88 Å². The van der Waals surface area contributed by atoms with Crippen LogP contribution in [0, 0.1) is 5.92 Å². The minimum absolute atomic E-state index is 0.00582. The Morgan fingerprint density at radius 1 is 1.36 bits per heavy atom. The van der Waals surface area contributed by atoms with E-state index in [2.05, 4.69) is 23.8 Å². The molecule has 1 aromatic rings. The summed E-state index contributed by atoms with van der Waals surface area (Å²) in [5.74, 6) is 1.64. The lowest BCUT2D eigenvalue weighted by molar-refractivity contribution is -0.134. The molecular weight excluding hydrogens is 280 g/mol. The lowest BCUT2D eigenvalue weighted by Crippen LogP contribution is -2.35. The minimum atomic E-state index is -0.00582. The molecule has 0 radical (unpaired) electrons. The number of anilines is 1. The number of hydrogen-bond acceptors (Lipinski definition) is 5. The molecule has 0 bridgehead atoms. The standard InChI is InChI=1S/C16H26N4O2/c1-5-12(6-2)16(21)20-10-7-13(11-20)22-15-14(19(3)4)17-8-9-18-15/h8-9,12-13H,5-7,10-11H2,1-4H3. The first kappa shape index (κ1) is 16.5. The quantitative estimate of drug-likeness (QED) is 0.804. The van der Waals surface area contributed by atoms with E-state index in [0.29, 0.717) is 18.2 Å². The van der Waals surface area contributed by atoms with Gasteiger partial charge in [-0.15, -0.1) is 0 Å². The fraction of sp³-hybridized carbons (Fsp3) is 0.688. The van der Waals surface area contributed by atoms with Crippen molar-refractivity contribution in [1.29, 1.82) is 0 Å². The van der Waals surface area contributed by atoms with E-state index in [1.165, 1.54) is 0 Å². The Balaban J connectivity index is 1.98. The number of amides is 1. The molecular formula is C16H26N4O2. The molecule has 2 rings (SSSR count). The molecule has 22 heavy (non-hydrogen) atoms. The molecule has 1 unspecified atom stereocenters. The zero-order valence-electron chi connectivity index (χ0n) is 14.0. The van der Waals surface area contributed by atoms with E-state index < -0.39 is 0 Å². The molecule has 0 saturated carbocycles. The van der Waals surface area contributed by atoms with E-state index in [4.69, 9.17) is 4.74 Å². The third kappa shape index (κ3) is 3.67. The fourth-order valence-corrected chi connectivity index (χ4v) is 2.79. The summed E-state index contributed by atoms with van der Waals surface area (Å²) in [5.41, 5.74) is 0. The number of carbonyl (C=O) groups excluding carboxylic acids is 1. The Labute approximate surface area is 132 Å². The van der Waals surface area contributed by atoms with Crippen LogP contribution in [0.2, 0.25) is 0 Å². The second kappa shape index (κ2) is 7.42. The third-order valence-electron chi connectivity index (χ3n) is 4.14. The van der Waals surface area contributed by atoms with E-state index in [1.54, 1.807) is 12.4 Å². The second-order valence-corrected chi connectivity index (χ2v) is 5.91. The molecule has 0 aromatic carbocycles. The molecule has 6 heteroatoms. The van der Waals surface area contributed by atoms with Gasteiger partial charge in [-0.1, -0.05) is 13.8 Å². The number of ether oxygens (including phenoxy) is 1. The van der Waals surface area contributed by atoms with Gasteiger partial charge in [-0.3, -0.25) is 4.79 Å². The monoisotopic (exact) mass is 306 g/mol. The van der Waals surface area contributed by atoms with Gasteiger partial charge in [-0.2, -0.15) is 0 Å². The van der Waals surface area contributed by atoms with Gasteiger partial charge in [-0.05, 0) is 12.8 Å². The summed E-state index contributed by atoms with van der Waals surface area (Å²) in [6, 6.07) is 0. The maximum absolute atomic E-state index is 12.4. The van der Waals surface area contributed by atoms with Crippen molar-refractivity contribution < 1.29 is 9.53 Å². The maximum atomic E-state index is 12.4. The normalized spacial score (nSPS) is 17.9. The topological polar surface area (TPSA) is 58.6 Å². The number of aromatic nitrogens is 2. The summed E-state index contributed by atoms with van der Waals surface area (Å²) in [4.78, 5) is 24.8. The predicted molar refractivity (Wildman–Crippen MR) is 86.0 cm³/mol. The van der Waals surface area contributed by atoms with Crippen molar-refractivity contribution >= 4 is 11.7 Å². The smallest absolute Gasteiger partial charge is 0.257 e. The van der Waals surface area contributed by atoms with Crippen molar-refractivity contribution in [1.82, 2.24) is 14.9 Å². The first-order chi connectivity index (χ1) is 10.6. The van der Waals surface area contributed by atoms with Gasteiger partial charge in [-0.25, -0.2) is 9.97 Å². The molecule has 0 spiro atoms. The van der Waals surface area contributed by atoms with Gasteiger partial charge < -0.3 is 14.5 Å². The first-order valence-corrected chi connectivity index (χ1v) is 8.00. The van der Waals surface area contributed by atoms with Crippen LogP contribution in [-0.2, 0) is 4.79 Å². The summed E-state index contributed by atoms with van der Waals surface area (Å²) in [5, 5.41) is 0. The second-order valence-electron chi connectivity index (χ2n) is 5.91. The van der Waals surface area contributed by atoms with Crippen LogP contribution in [0.1, 0.15) is 33.1 Å². The number of likely N-dealkylation sites (tertiary alicyclic amines) is 1. The summed E-state index contributed by atoms with van der Waals surface area (Å²) in [7, 11) is 3.82. The van der Waals surface area contributed by atoms with Gasteiger partial charge >= 0.3 is 0 Å². The zero-order chi connectivity index (χ0) is 16.1. The molecule has 6 nitrogen and oxygen atoms in total. The van der Waals surface area contributed by atoms with Crippen LogP contribution < -0.4 is 9.64 Å². The van der Waals surface area contributed by atoms with Gasteiger partial charge in [0.15, 0.2) is 5.82 Å². The van der Waals surface area contributed by atoms with Crippen molar-refractivity contribution in [2.45, 2.75) is 39.2 Å². The van der Waals surface area contributed by atoms with E-state index in [9.17, 15) is 4.79 Å². The predicted octanol–water partition coefficient (Wildman–Crippen LogP) is 1.96. The highest BCUT2D eigenvalue weighted by Crippen LogP contribution is 2.25. The molecule has 1 aliphatic heterocycles. The van der Waals surface area contributed by atoms with Crippen LogP contribution in [0.25, 0.3) is 0 Å². The van der Waals surface area contributed by atoms with E-state index in [0.717, 1.165) is 25.8 Å². The largest absolute Gasteiger partial charge is 0.470 e. The first-order valence-electron chi connectivity index (χ1n) is 8.00. The SMILES string of the molecule is CCC(CC)C(=O)N1CCC(Oc2nccnc2N(C)C)C1. The highest BCUT2D eigenvalue weighted by Gasteiger charge is 2.31. The molecule has 0 aliphatic carbocycles. The molecule has 1 aliphatic rings. The van der Waals surface area contributed by atoms with Gasteiger partial charge in [0.2, 0.25) is 5.91 Å². The van der Waals surface area contributed by atoms with Gasteiger partial charge in [0, 0.05) is 45.4 Å². The number of carbonyl (C=O) groups is 1. The van der Waals surface area contributed by atoms with Crippen LogP contribution in [-0.4, -0.2) is 54.1 Å². The van der Waals surface area contributed by atoms with Crippen LogP contribution in [0.5, 0.6) is 5.88 Å². The number of nitrogens with zero attached hydrogens (tertiary/aromatic N) is 4. The lowest BCUT2D eigenvalue weighted by Gasteiger charge is -2.22. The molecule has 1 atom stereocenters. The van der Waals surface area contributed by atoms with Crippen LogP contribution in [0.3, 0.4) is 0 Å². The molecule has 1 saturated heterocycles. The Hall–Kier alpha value is -1.85. The van der Waals surface area contributed by atoms with E-state index >= 15 is 0 Å². The Bertz CT molecular complexity index is 503. The molecule has 122 valence electrons. The fourth-order valence-electron chi connectivity index (χ4n) is 2.79. The number of rotatable bonds is 6. The van der Waals surface area contributed by atoms with E-state index in [1.807, 2.05) is 23.9 Å². The average Bonchev–Trinajstić information content (AvgIpc) is 2.97. The third-order valence-corrected chi connectivity index (χ3v) is 4.14. The lowest BCUT2D eigenvalue weighted by atomic mass is 10.0. The summed E-state index contributed by atoms with van der Waals surface area (Å²) >= 11 is 0. The summed E-state index contributed by atoms with van der Waals surface area (Å²) < 4.78 is 5.99. The van der Waals surface area contributed by atoms with Gasteiger partial charge in [0.05, 0.1) is 6.54 Å². The molecule has 2 heterocycles. The van der Waals surface area contributed by atoms with Crippen LogP contribution >= 0.6 is 0 Å². The van der Waals surface area contributed by atoms with Gasteiger partial charge in [0.1, 0.15) is 6.10 Å². The van der Waals surface area contributed by atoms with E-state index in [-0.39, 0.29) is 17.9 Å². The Morgan fingerprint density at radius 2 is 2.05 bits per heavy atom. The van der Waals surface area contributed by atoms with Crippen molar-refractivity contribution in [2.24, 2.45) is 5.92 Å². The minimum Gasteiger partial charge on any atom is -0.470 e. The van der Waals surface area contributed by atoms with Crippen molar-refractivity contribution in [3.63, 3.8) is 0 Å².